The van der Waals surface area contributed by atoms with Crippen molar-refractivity contribution in [1.29, 1.82) is 0 Å². The molecule has 1 saturated heterocycles. The van der Waals surface area contributed by atoms with Gasteiger partial charge < -0.3 is 20.1 Å². The summed E-state index contributed by atoms with van der Waals surface area (Å²) in [6.45, 7) is 2.86. The fraction of sp³-hybridized carbons (Fsp3) is 0.333. The van der Waals surface area contributed by atoms with Crippen LogP contribution in [-0.4, -0.2) is 52.0 Å². The number of nitrogens with one attached hydrogen (secondary N) is 1. The van der Waals surface area contributed by atoms with Gasteiger partial charge in [0.2, 0.25) is 5.91 Å². The maximum atomic E-state index is 13.8. The first-order valence-corrected chi connectivity index (χ1v) is 16.0. The van der Waals surface area contributed by atoms with Gasteiger partial charge in [-0.25, -0.2) is 4.98 Å². The highest BCUT2D eigenvalue weighted by Gasteiger charge is 2.39. The summed E-state index contributed by atoms with van der Waals surface area (Å²) in [5.74, 6) is -1.29. The number of thiophene rings is 1. The maximum absolute atomic E-state index is 13.8. The van der Waals surface area contributed by atoms with Gasteiger partial charge in [-0.2, -0.15) is 0 Å². The normalized spacial score (nSPS) is 16.7. The van der Waals surface area contributed by atoms with E-state index in [2.05, 4.69) is 10.3 Å². The van der Waals surface area contributed by atoms with Crippen LogP contribution in [0, 0.1) is 0 Å². The maximum Gasteiger partial charge on any atom is 0.303 e. The summed E-state index contributed by atoms with van der Waals surface area (Å²) in [6, 6.07) is 10.5. The predicted molar refractivity (Wildman–Crippen MR) is 167 cm³/mol. The molecule has 2 amide bonds. The number of hydrogen-bond donors (Lipinski definition) is 2. The number of ether oxygens (including phenoxy) is 1. The summed E-state index contributed by atoms with van der Waals surface area (Å²) in [6.07, 6.45) is 3.63. The lowest BCUT2D eigenvalue weighted by Gasteiger charge is -2.29. The summed E-state index contributed by atoms with van der Waals surface area (Å²) >= 11 is 16.1. The van der Waals surface area contributed by atoms with E-state index in [1.54, 1.807) is 18.3 Å². The van der Waals surface area contributed by atoms with Crippen LogP contribution >= 0.6 is 45.9 Å². The number of carboxylic acids is 1. The van der Waals surface area contributed by atoms with Gasteiger partial charge >= 0.3 is 5.97 Å². The van der Waals surface area contributed by atoms with E-state index in [1.807, 2.05) is 41.5 Å². The van der Waals surface area contributed by atoms with Crippen LogP contribution in [0.4, 0.5) is 5.69 Å². The minimum atomic E-state index is -0.861. The zero-order valence-corrected chi connectivity index (χ0v) is 25.9. The molecule has 42 heavy (non-hydrogen) atoms. The molecule has 8 nitrogen and oxygen atoms in total. The van der Waals surface area contributed by atoms with E-state index < -0.39 is 5.97 Å². The van der Waals surface area contributed by atoms with Gasteiger partial charge in [0.15, 0.2) is 0 Å². The number of aromatic nitrogens is 1. The van der Waals surface area contributed by atoms with Gasteiger partial charge in [-0.05, 0) is 49.9 Å². The van der Waals surface area contributed by atoms with Crippen molar-refractivity contribution in [1.82, 2.24) is 9.88 Å². The van der Waals surface area contributed by atoms with Crippen LogP contribution in [0.5, 0.6) is 0 Å². The van der Waals surface area contributed by atoms with E-state index in [9.17, 15) is 14.4 Å². The van der Waals surface area contributed by atoms with E-state index in [0.29, 0.717) is 41.5 Å². The van der Waals surface area contributed by atoms with Crippen LogP contribution in [0.25, 0.3) is 10.1 Å². The summed E-state index contributed by atoms with van der Waals surface area (Å²) in [5.41, 5.74) is 1.46. The molecule has 2 N–H and O–H groups in total. The van der Waals surface area contributed by atoms with Crippen LogP contribution in [0.3, 0.4) is 0 Å². The highest BCUT2D eigenvalue weighted by Crippen LogP contribution is 2.40. The monoisotopic (exact) mass is 645 g/mol. The van der Waals surface area contributed by atoms with Gasteiger partial charge in [0.25, 0.3) is 5.91 Å². The Balaban J connectivity index is 1.33. The second-order valence-corrected chi connectivity index (χ2v) is 12.8. The molecule has 0 aliphatic carbocycles. The number of carbonyl (C=O) groups excluding carboxylic acids is 2. The number of hydrogen-bond acceptors (Lipinski definition) is 7. The molecule has 12 heteroatoms. The smallest absolute Gasteiger partial charge is 0.303 e. The number of amides is 2. The van der Waals surface area contributed by atoms with Gasteiger partial charge in [0.05, 0.1) is 47.8 Å². The fourth-order valence-electron chi connectivity index (χ4n) is 5.16. The molecule has 3 heterocycles. The number of fused-ring (bicyclic) bond motifs is 1. The molecular weight excluding hydrogens is 617 g/mol. The van der Waals surface area contributed by atoms with E-state index in [4.69, 9.17) is 33.0 Å². The Morgan fingerprint density at radius 3 is 2.76 bits per heavy atom. The van der Waals surface area contributed by atoms with Crippen LogP contribution < -0.4 is 5.32 Å². The Bertz CT molecular complexity index is 1620. The molecule has 2 aromatic carbocycles. The highest BCUT2D eigenvalue weighted by molar-refractivity contribution is 7.17. The van der Waals surface area contributed by atoms with Crippen molar-refractivity contribution < 1.29 is 24.2 Å². The first kappa shape index (κ1) is 30.4. The van der Waals surface area contributed by atoms with Crippen molar-refractivity contribution in [2.75, 3.05) is 18.5 Å². The van der Waals surface area contributed by atoms with Gasteiger partial charge in [-0.1, -0.05) is 41.4 Å². The molecule has 4 aromatic rings. The molecule has 2 aromatic heterocycles. The molecule has 1 fully saturated rings. The Morgan fingerprint density at radius 1 is 1.17 bits per heavy atom. The van der Waals surface area contributed by atoms with Crippen molar-refractivity contribution >= 4 is 79.4 Å². The molecular formula is C30H29Cl2N3O5S2. The lowest BCUT2D eigenvalue weighted by molar-refractivity contribution is -0.137. The molecule has 1 aliphatic heterocycles. The molecule has 1 aliphatic rings. The lowest BCUT2D eigenvalue weighted by atomic mass is 10.1. The van der Waals surface area contributed by atoms with Crippen molar-refractivity contribution in [3.8, 4) is 0 Å². The Hall–Kier alpha value is -3.02. The van der Waals surface area contributed by atoms with E-state index >= 15 is 0 Å². The Morgan fingerprint density at radius 2 is 1.98 bits per heavy atom. The molecule has 5 rings (SSSR count). The lowest BCUT2D eigenvalue weighted by Crippen LogP contribution is -2.40. The first-order valence-electron chi connectivity index (χ1n) is 13.6. The predicted octanol–water partition coefficient (Wildman–Crippen LogP) is 7.25. The molecule has 0 spiro atoms. The van der Waals surface area contributed by atoms with Crippen LogP contribution in [0.1, 0.15) is 58.0 Å². The SMILES string of the molecule is CCOC[C@@H]1CC[C@@H](c2ncc(CCC(=O)O)s2)N1C(=O)Cc1cc(Cl)c(NC(=O)c2csc3ccccc23)cc1Cl. The fourth-order valence-corrected chi connectivity index (χ4v) is 7.62. The standard InChI is InChI=1S/C30H29Cl2N3O5S2/c1-2-40-15-18-7-9-25(30-33-14-19(42-30)8-10-28(37)38)35(18)27(36)12-17-11-23(32)24(13-22(17)31)34-29(39)21-16-41-26-6-4-3-5-20(21)26/h3-6,11,13-14,16,18,25H,2,7-10,12,15H2,1H3,(H,34,39)(H,37,38)/t18-,25-/m0/s1. The third kappa shape index (κ3) is 6.79. The quantitative estimate of drug-likeness (QED) is 0.178. The first-order chi connectivity index (χ1) is 20.2. The summed E-state index contributed by atoms with van der Waals surface area (Å²) in [5, 5.41) is 15.9. The number of thiazole rings is 1. The minimum Gasteiger partial charge on any atom is -0.481 e. The van der Waals surface area contributed by atoms with Gasteiger partial charge in [-0.15, -0.1) is 22.7 Å². The molecule has 220 valence electrons. The van der Waals surface area contributed by atoms with Gasteiger partial charge in [0.1, 0.15) is 5.01 Å². The number of likely N-dealkylation sites (tertiary alicyclic amines) is 1. The Kier molecular flexibility index (Phi) is 9.80. The number of aliphatic carboxylic acids is 1. The molecule has 0 bridgehead atoms. The second kappa shape index (κ2) is 13.5. The number of carboxylic acid groups (broad SMARTS) is 1. The van der Waals surface area contributed by atoms with E-state index in [1.165, 1.54) is 22.7 Å². The van der Waals surface area contributed by atoms with Gasteiger partial charge in [0, 0.05) is 38.2 Å². The molecule has 0 saturated carbocycles. The summed E-state index contributed by atoms with van der Waals surface area (Å²) < 4.78 is 6.70. The molecule has 2 atom stereocenters. The summed E-state index contributed by atoms with van der Waals surface area (Å²) in [7, 11) is 0. The van der Waals surface area contributed by atoms with Crippen LogP contribution in [-0.2, 0) is 27.2 Å². The number of aryl methyl sites for hydroxylation is 1. The highest BCUT2D eigenvalue weighted by atomic mass is 35.5. The zero-order valence-electron chi connectivity index (χ0n) is 22.8. The van der Waals surface area contributed by atoms with Crippen molar-refractivity contribution in [3.05, 3.63) is 79.0 Å². The summed E-state index contributed by atoms with van der Waals surface area (Å²) in [4.78, 5) is 45.1. The molecule has 0 radical (unpaired) electrons. The number of benzene rings is 2. The van der Waals surface area contributed by atoms with Gasteiger partial charge in [-0.3, -0.25) is 14.4 Å². The van der Waals surface area contributed by atoms with Crippen molar-refractivity contribution in [2.24, 2.45) is 0 Å². The average Bonchev–Trinajstić information content (AvgIpc) is 3.71. The third-order valence-corrected chi connectivity index (χ3v) is 9.98. The number of anilines is 1. The average molecular weight is 647 g/mol. The zero-order chi connectivity index (χ0) is 29.8. The second-order valence-electron chi connectivity index (χ2n) is 9.97. The number of nitrogens with zero attached hydrogens (tertiary/aromatic N) is 2. The molecule has 0 unspecified atom stereocenters. The van der Waals surface area contributed by atoms with Crippen LogP contribution in [0.15, 0.2) is 48.0 Å². The number of rotatable bonds is 11. The number of halogens is 2. The Labute approximate surface area is 261 Å². The van der Waals surface area contributed by atoms with Crippen molar-refractivity contribution in [3.63, 3.8) is 0 Å². The van der Waals surface area contributed by atoms with Crippen molar-refractivity contribution in [2.45, 2.75) is 51.1 Å². The minimum absolute atomic E-state index is 0.0122. The van der Waals surface area contributed by atoms with E-state index in [-0.39, 0.29) is 41.8 Å². The van der Waals surface area contributed by atoms with Crippen LogP contribution in [0.2, 0.25) is 10.0 Å². The van der Waals surface area contributed by atoms with E-state index in [0.717, 1.165) is 32.8 Å². The number of carbonyl (C=O) groups is 3. The third-order valence-electron chi connectivity index (χ3n) is 7.20. The topological polar surface area (TPSA) is 109 Å². The largest absolute Gasteiger partial charge is 0.481 e.